The van der Waals surface area contributed by atoms with Crippen molar-refractivity contribution in [3.05, 3.63) is 88.3 Å². The largest absolute Gasteiger partial charge is 0.350 e. The van der Waals surface area contributed by atoms with Gasteiger partial charge >= 0.3 is 0 Å². The SMILES string of the molecule is Cc1c(C(=O)NCCN2C(=O)S/C(=C\c3ccccc3F)C2=O)cnn1-c1ccccc1. The Kier molecular flexibility index (Phi) is 6.18. The summed E-state index contributed by atoms with van der Waals surface area (Å²) in [5, 5.41) is 6.53. The second kappa shape index (κ2) is 9.19. The van der Waals surface area contributed by atoms with Crippen LogP contribution in [0.15, 0.2) is 65.7 Å². The minimum atomic E-state index is -0.509. The van der Waals surface area contributed by atoms with E-state index in [2.05, 4.69) is 10.4 Å². The number of thioether (sulfide) groups is 1. The van der Waals surface area contributed by atoms with E-state index in [0.29, 0.717) is 11.3 Å². The highest BCUT2D eigenvalue weighted by atomic mass is 32.2. The number of imide groups is 1. The molecule has 1 N–H and O–H groups in total. The molecule has 4 rings (SSSR count). The van der Waals surface area contributed by atoms with Gasteiger partial charge in [-0.25, -0.2) is 9.07 Å². The molecule has 162 valence electrons. The average Bonchev–Trinajstić information content (AvgIpc) is 3.30. The summed E-state index contributed by atoms with van der Waals surface area (Å²) in [5.74, 6) is -1.33. The predicted octanol–water partition coefficient (Wildman–Crippen LogP) is 3.79. The van der Waals surface area contributed by atoms with Crippen LogP contribution in [0.1, 0.15) is 21.6 Å². The van der Waals surface area contributed by atoms with Crippen LogP contribution in [0.4, 0.5) is 9.18 Å². The van der Waals surface area contributed by atoms with E-state index in [9.17, 15) is 18.8 Å². The normalized spacial score (nSPS) is 14.9. The van der Waals surface area contributed by atoms with Crippen LogP contribution in [-0.2, 0) is 4.79 Å². The summed E-state index contributed by atoms with van der Waals surface area (Å²) in [7, 11) is 0. The van der Waals surface area contributed by atoms with Crippen LogP contribution in [0.25, 0.3) is 11.8 Å². The van der Waals surface area contributed by atoms with Crippen molar-refractivity contribution < 1.29 is 18.8 Å². The number of rotatable bonds is 6. The first kappa shape index (κ1) is 21.5. The van der Waals surface area contributed by atoms with Gasteiger partial charge in [-0.1, -0.05) is 36.4 Å². The predicted molar refractivity (Wildman–Crippen MR) is 120 cm³/mol. The van der Waals surface area contributed by atoms with Crippen molar-refractivity contribution in [2.45, 2.75) is 6.92 Å². The minimum absolute atomic E-state index is 0.0108. The van der Waals surface area contributed by atoms with Crippen molar-refractivity contribution in [2.75, 3.05) is 13.1 Å². The van der Waals surface area contributed by atoms with Gasteiger partial charge in [0, 0.05) is 18.7 Å². The molecule has 7 nitrogen and oxygen atoms in total. The Morgan fingerprint density at radius 1 is 1.12 bits per heavy atom. The molecule has 32 heavy (non-hydrogen) atoms. The Bertz CT molecular complexity index is 1220. The molecule has 2 heterocycles. The van der Waals surface area contributed by atoms with Gasteiger partial charge < -0.3 is 5.32 Å². The summed E-state index contributed by atoms with van der Waals surface area (Å²) < 4.78 is 15.5. The Morgan fingerprint density at radius 2 is 1.84 bits per heavy atom. The summed E-state index contributed by atoms with van der Waals surface area (Å²) in [6.45, 7) is 1.88. The molecular formula is C23H19FN4O3S. The Balaban J connectivity index is 1.38. The van der Waals surface area contributed by atoms with E-state index in [0.717, 1.165) is 22.3 Å². The van der Waals surface area contributed by atoms with Crippen LogP contribution >= 0.6 is 11.8 Å². The molecular weight excluding hydrogens is 431 g/mol. The van der Waals surface area contributed by atoms with E-state index in [-0.39, 0.29) is 29.5 Å². The van der Waals surface area contributed by atoms with Crippen molar-refractivity contribution in [1.29, 1.82) is 0 Å². The third kappa shape index (κ3) is 4.33. The monoisotopic (exact) mass is 450 g/mol. The lowest BCUT2D eigenvalue weighted by atomic mass is 10.2. The van der Waals surface area contributed by atoms with Gasteiger partial charge in [-0.2, -0.15) is 5.10 Å². The molecule has 3 amide bonds. The molecule has 1 saturated heterocycles. The van der Waals surface area contributed by atoms with Crippen LogP contribution in [0.3, 0.4) is 0 Å². The van der Waals surface area contributed by atoms with Gasteiger partial charge in [0.25, 0.3) is 17.1 Å². The van der Waals surface area contributed by atoms with Crippen molar-refractivity contribution in [1.82, 2.24) is 20.0 Å². The zero-order valence-corrected chi connectivity index (χ0v) is 17.9. The number of nitrogens with one attached hydrogen (secondary N) is 1. The molecule has 0 spiro atoms. The Hall–Kier alpha value is -3.72. The van der Waals surface area contributed by atoms with Gasteiger partial charge in [-0.3, -0.25) is 19.3 Å². The first-order chi connectivity index (χ1) is 15.5. The number of aromatic nitrogens is 2. The quantitative estimate of drug-likeness (QED) is 0.578. The number of carbonyl (C=O) groups is 3. The van der Waals surface area contributed by atoms with Crippen molar-refractivity contribution in [3.63, 3.8) is 0 Å². The number of para-hydroxylation sites is 1. The van der Waals surface area contributed by atoms with Crippen LogP contribution in [0.5, 0.6) is 0 Å². The van der Waals surface area contributed by atoms with Gasteiger partial charge in [0.05, 0.1) is 28.0 Å². The van der Waals surface area contributed by atoms with Crippen LogP contribution in [0, 0.1) is 12.7 Å². The molecule has 0 atom stereocenters. The molecule has 0 unspecified atom stereocenters. The number of halogens is 1. The fraction of sp³-hybridized carbons (Fsp3) is 0.130. The van der Waals surface area contributed by atoms with Crippen molar-refractivity contribution in [2.24, 2.45) is 0 Å². The smallest absolute Gasteiger partial charge is 0.293 e. The van der Waals surface area contributed by atoms with E-state index in [4.69, 9.17) is 0 Å². The first-order valence-electron chi connectivity index (χ1n) is 9.84. The molecule has 0 bridgehead atoms. The Morgan fingerprint density at radius 3 is 2.59 bits per heavy atom. The molecule has 1 aliphatic rings. The highest BCUT2D eigenvalue weighted by Crippen LogP contribution is 2.32. The number of benzene rings is 2. The number of hydrogen-bond donors (Lipinski definition) is 1. The summed E-state index contributed by atoms with van der Waals surface area (Å²) in [6.07, 6.45) is 2.84. The maximum atomic E-state index is 13.8. The first-order valence-corrected chi connectivity index (χ1v) is 10.7. The topological polar surface area (TPSA) is 84.3 Å². The molecule has 0 aliphatic carbocycles. The zero-order valence-electron chi connectivity index (χ0n) is 17.1. The Labute approximate surface area is 187 Å². The van der Waals surface area contributed by atoms with Crippen LogP contribution in [-0.4, -0.2) is 44.8 Å². The third-order valence-electron chi connectivity index (χ3n) is 4.94. The van der Waals surface area contributed by atoms with Gasteiger partial charge in [0.15, 0.2) is 0 Å². The van der Waals surface area contributed by atoms with Crippen molar-refractivity contribution in [3.8, 4) is 5.69 Å². The highest BCUT2D eigenvalue weighted by Gasteiger charge is 2.34. The maximum absolute atomic E-state index is 13.8. The minimum Gasteiger partial charge on any atom is -0.350 e. The van der Waals surface area contributed by atoms with E-state index in [1.165, 1.54) is 24.4 Å². The molecule has 9 heteroatoms. The highest BCUT2D eigenvalue weighted by molar-refractivity contribution is 8.18. The van der Waals surface area contributed by atoms with E-state index >= 15 is 0 Å². The summed E-state index contributed by atoms with van der Waals surface area (Å²) >= 11 is 0.750. The lowest BCUT2D eigenvalue weighted by Crippen LogP contribution is -2.37. The molecule has 0 radical (unpaired) electrons. The van der Waals surface area contributed by atoms with Gasteiger partial charge in [0.1, 0.15) is 5.82 Å². The van der Waals surface area contributed by atoms with Gasteiger partial charge in [-0.05, 0) is 43.0 Å². The molecule has 2 aromatic carbocycles. The van der Waals surface area contributed by atoms with Gasteiger partial charge in [0.2, 0.25) is 0 Å². The third-order valence-corrected chi connectivity index (χ3v) is 5.85. The second-order valence-electron chi connectivity index (χ2n) is 7.00. The molecule has 3 aromatic rings. The lowest BCUT2D eigenvalue weighted by molar-refractivity contribution is -0.122. The summed E-state index contributed by atoms with van der Waals surface area (Å²) in [6, 6.07) is 15.4. The van der Waals surface area contributed by atoms with E-state index in [1.807, 2.05) is 30.3 Å². The zero-order chi connectivity index (χ0) is 22.7. The number of nitrogens with zero attached hydrogens (tertiary/aromatic N) is 3. The van der Waals surface area contributed by atoms with Gasteiger partial charge in [-0.15, -0.1) is 0 Å². The fourth-order valence-corrected chi connectivity index (χ4v) is 4.12. The average molecular weight is 450 g/mol. The van der Waals surface area contributed by atoms with Crippen LogP contribution in [0.2, 0.25) is 0 Å². The molecule has 1 aromatic heterocycles. The maximum Gasteiger partial charge on any atom is 0.293 e. The van der Waals surface area contributed by atoms with E-state index in [1.54, 1.807) is 23.7 Å². The number of hydrogen-bond acceptors (Lipinski definition) is 5. The second-order valence-corrected chi connectivity index (χ2v) is 7.99. The standard InChI is InChI=1S/C23H19FN4O3S/c1-15-18(14-26-28(15)17-8-3-2-4-9-17)21(29)25-11-12-27-22(30)20(32-23(27)31)13-16-7-5-6-10-19(16)24/h2-10,13-14H,11-12H2,1H3,(H,25,29)/b20-13-. The molecule has 1 fully saturated rings. The fourth-order valence-electron chi connectivity index (χ4n) is 3.26. The summed E-state index contributed by atoms with van der Waals surface area (Å²) in [5.41, 5.74) is 2.15. The summed E-state index contributed by atoms with van der Waals surface area (Å²) in [4.78, 5) is 38.6. The number of amides is 3. The van der Waals surface area contributed by atoms with Crippen molar-refractivity contribution >= 4 is 34.9 Å². The van der Waals surface area contributed by atoms with Crippen LogP contribution < -0.4 is 5.32 Å². The molecule has 0 saturated carbocycles. The lowest BCUT2D eigenvalue weighted by Gasteiger charge is -2.13. The van der Waals surface area contributed by atoms with E-state index < -0.39 is 17.0 Å². The molecule has 1 aliphatic heterocycles. The number of carbonyl (C=O) groups excluding carboxylic acids is 3.